The third kappa shape index (κ3) is 4.60. The summed E-state index contributed by atoms with van der Waals surface area (Å²) in [5, 5.41) is -0.435. The largest absolute Gasteiger partial charge is 0.417 e. The topological polar surface area (TPSA) is 46.2 Å². The Labute approximate surface area is 133 Å². The molecule has 22 heavy (non-hydrogen) atoms. The zero-order chi connectivity index (χ0) is 17.5. The summed E-state index contributed by atoms with van der Waals surface area (Å²) in [7, 11) is -4.41. The predicted octanol–water partition coefficient (Wildman–Crippen LogP) is 4.56. The summed E-state index contributed by atoms with van der Waals surface area (Å²) in [6.07, 6.45) is -4.82. The van der Waals surface area contributed by atoms with Crippen LogP contribution in [0.5, 0.6) is 0 Å². The number of rotatable bonds is 3. The lowest BCUT2D eigenvalue weighted by Gasteiger charge is -2.23. The summed E-state index contributed by atoms with van der Waals surface area (Å²) in [6.45, 7) is 8.01. The molecule has 1 N–H and O–H groups in total. The van der Waals surface area contributed by atoms with E-state index in [1.165, 1.54) is 26.8 Å². The van der Waals surface area contributed by atoms with Crippen molar-refractivity contribution in [1.82, 2.24) is 4.72 Å². The lowest BCUT2D eigenvalue weighted by Crippen LogP contribution is -2.41. The van der Waals surface area contributed by atoms with Gasteiger partial charge in [-0.1, -0.05) is 25.4 Å². The molecule has 0 amide bonds. The van der Waals surface area contributed by atoms with Gasteiger partial charge in [0.1, 0.15) is 4.90 Å². The highest BCUT2D eigenvalue weighted by Gasteiger charge is 2.40. The van der Waals surface area contributed by atoms with Crippen LogP contribution >= 0.6 is 11.6 Å². The Morgan fingerprint density at radius 1 is 1.14 bits per heavy atom. The number of nitrogens with one attached hydrogen (secondary N) is 1. The van der Waals surface area contributed by atoms with E-state index in [2.05, 4.69) is 4.72 Å². The minimum atomic E-state index is -4.82. The van der Waals surface area contributed by atoms with E-state index in [1.54, 1.807) is 13.8 Å². The molecule has 0 aliphatic carbocycles. The fraction of sp³-hybridized carbons (Fsp3) is 0.571. The average Bonchev–Trinajstić information content (AvgIpc) is 2.22. The number of halogens is 4. The zero-order valence-corrected chi connectivity index (χ0v) is 14.5. The van der Waals surface area contributed by atoms with E-state index in [-0.39, 0.29) is 5.92 Å². The first-order valence-corrected chi connectivity index (χ1v) is 8.46. The molecule has 1 aromatic carbocycles. The van der Waals surface area contributed by atoms with Gasteiger partial charge < -0.3 is 0 Å². The summed E-state index contributed by atoms with van der Waals surface area (Å²) in [4.78, 5) is -0.930. The van der Waals surface area contributed by atoms with Gasteiger partial charge in [-0.05, 0) is 44.4 Å². The maximum Gasteiger partial charge on any atom is 0.417 e. The fourth-order valence-electron chi connectivity index (χ4n) is 1.89. The van der Waals surface area contributed by atoms with Gasteiger partial charge in [0.05, 0.1) is 10.6 Å². The maximum absolute atomic E-state index is 13.3. The van der Waals surface area contributed by atoms with Crippen molar-refractivity contribution < 1.29 is 21.6 Å². The Morgan fingerprint density at radius 3 is 2.00 bits per heavy atom. The van der Waals surface area contributed by atoms with Crippen LogP contribution in [0.3, 0.4) is 0 Å². The summed E-state index contributed by atoms with van der Waals surface area (Å²) in [6, 6.07) is 2.10. The number of benzene rings is 1. The lowest BCUT2D eigenvalue weighted by atomic mass is 10.0. The van der Waals surface area contributed by atoms with Crippen LogP contribution in [0, 0.1) is 0 Å². The molecule has 0 saturated heterocycles. The predicted molar refractivity (Wildman–Crippen MR) is 80.6 cm³/mol. The van der Waals surface area contributed by atoms with E-state index in [1.807, 2.05) is 0 Å². The Balaban J connectivity index is 3.67. The van der Waals surface area contributed by atoms with Gasteiger partial charge in [0.2, 0.25) is 10.0 Å². The van der Waals surface area contributed by atoms with Gasteiger partial charge in [0.25, 0.3) is 0 Å². The highest BCUT2D eigenvalue weighted by molar-refractivity contribution is 7.89. The van der Waals surface area contributed by atoms with Crippen molar-refractivity contribution in [2.24, 2.45) is 0 Å². The van der Waals surface area contributed by atoms with E-state index in [9.17, 15) is 21.6 Å². The standard InChI is InChI=1S/C14H19ClF3NO2S/c1-8(2)9-6-10(14(16,17)18)12(11(15)7-9)22(20,21)19-13(3,4)5/h6-8,19H,1-5H3. The summed E-state index contributed by atoms with van der Waals surface area (Å²) >= 11 is 5.88. The van der Waals surface area contributed by atoms with Gasteiger partial charge >= 0.3 is 6.18 Å². The van der Waals surface area contributed by atoms with Crippen molar-refractivity contribution in [3.8, 4) is 0 Å². The highest BCUT2D eigenvalue weighted by atomic mass is 35.5. The SMILES string of the molecule is CC(C)c1cc(Cl)c(S(=O)(=O)NC(C)(C)C)c(C(F)(F)F)c1. The van der Waals surface area contributed by atoms with Gasteiger partial charge in [-0.15, -0.1) is 0 Å². The van der Waals surface area contributed by atoms with Crippen LogP contribution in [-0.2, 0) is 16.2 Å². The van der Waals surface area contributed by atoms with Crippen LogP contribution < -0.4 is 4.72 Å². The second kappa shape index (κ2) is 6.02. The summed E-state index contributed by atoms with van der Waals surface area (Å²) < 4.78 is 66.7. The van der Waals surface area contributed by atoms with E-state index in [0.29, 0.717) is 5.56 Å². The summed E-state index contributed by atoms with van der Waals surface area (Å²) in [5.41, 5.74) is -1.85. The monoisotopic (exact) mass is 357 g/mol. The molecular weight excluding hydrogens is 339 g/mol. The first kappa shape index (κ1) is 19.3. The minimum Gasteiger partial charge on any atom is -0.207 e. The third-order valence-electron chi connectivity index (χ3n) is 2.75. The first-order valence-electron chi connectivity index (χ1n) is 6.60. The van der Waals surface area contributed by atoms with Crippen molar-refractivity contribution >= 4 is 21.6 Å². The minimum absolute atomic E-state index is 0.217. The molecule has 126 valence electrons. The molecule has 1 rings (SSSR count). The van der Waals surface area contributed by atoms with Crippen LogP contribution in [0.2, 0.25) is 5.02 Å². The Bertz CT molecular complexity index is 662. The van der Waals surface area contributed by atoms with E-state index < -0.39 is 37.2 Å². The average molecular weight is 358 g/mol. The van der Waals surface area contributed by atoms with E-state index >= 15 is 0 Å². The van der Waals surface area contributed by atoms with Crippen molar-refractivity contribution in [3.05, 3.63) is 28.3 Å². The molecule has 0 aliphatic heterocycles. The molecule has 0 saturated carbocycles. The van der Waals surface area contributed by atoms with E-state index in [4.69, 9.17) is 11.6 Å². The van der Waals surface area contributed by atoms with Gasteiger partial charge in [0, 0.05) is 5.54 Å². The molecule has 0 atom stereocenters. The van der Waals surface area contributed by atoms with Crippen molar-refractivity contribution in [3.63, 3.8) is 0 Å². The van der Waals surface area contributed by atoms with Crippen molar-refractivity contribution in [2.75, 3.05) is 0 Å². The molecule has 8 heteroatoms. The molecule has 0 unspecified atom stereocenters. The molecule has 0 heterocycles. The normalized spacial score (nSPS) is 13.7. The van der Waals surface area contributed by atoms with Crippen LogP contribution in [0.25, 0.3) is 0 Å². The molecule has 0 aliphatic rings. The second-order valence-electron chi connectivity index (χ2n) is 6.39. The number of alkyl halides is 3. The fourth-order valence-corrected chi connectivity index (χ4v) is 4.11. The van der Waals surface area contributed by atoms with Crippen LogP contribution in [0.1, 0.15) is 51.7 Å². The van der Waals surface area contributed by atoms with Crippen LogP contribution in [0.4, 0.5) is 13.2 Å². The molecule has 1 aromatic rings. The van der Waals surface area contributed by atoms with E-state index in [0.717, 1.165) is 6.07 Å². The number of hydrogen-bond donors (Lipinski definition) is 1. The van der Waals surface area contributed by atoms with Crippen molar-refractivity contribution in [1.29, 1.82) is 0 Å². The van der Waals surface area contributed by atoms with Gasteiger partial charge in [-0.3, -0.25) is 0 Å². The Morgan fingerprint density at radius 2 is 1.64 bits per heavy atom. The van der Waals surface area contributed by atoms with Crippen molar-refractivity contribution in [2.45, 2.75) is 57.1 Å². The molecule has 3 nitrogen and oxygen atoms in total. The Kier molecular flexibility index (Phi) is 5.27. The maximum atomic E-state index is 13.3. The third-order valence-corrected chi connectivity index (χ3v) is 5.02. The zero-order valence-electron chi connectivity index (χ0n) is 13.0. The lowest BCUT2D eigenvalue weighted by molar-refractivity contribution is -0.139. The number of sulfonamides is 1. The number of hydrogen-bond acceptors (Lipinski definition) is 2. The molecule has 0 radical (unpaired) electrons. The van der Waals surface area contributed by atoms with Crippen LogP contribution in [0.15, 0.2) is 17.0 Å². The highest BCUT2D eigenvalue weighted by Crippen LogP contribution is 2.40. The molecule has 0 spiro atoms. The quantitative estimate of drug-likeness (QED) is 0.862. The molecular formula is C14H19ClF3NO2S. The van der Waals surface area contributed by atoms with Crippen LogP contribution in [-0.4, -0.2) is 14.0 Å². The summed E-state index contributed by atoms with van der Waals surface area (Å²) in [5.74, 6) is -0.217. The Hall–Kier alpha value is -0.790. The second-order valence-corrected chi connectivity index (χ2v) is 8.41. The molecule has 0 fully saturated rings. The molecule has 0 aromatic heterocycles. The van der Waals surface area contributed by atoms with Gasteiger partial charge in [-0.25, -0.2) is 13.1 Å². The smallest absolute Gasteiger partial charge is 0.207 e. The van der Waals surface area contributed by atoms with Gasteiger partial charge in [0.15, 0.2) is 0 Å². The molecule has 0 bridgehead atoms. The first-order chi connectivity index (χ1) is 9.65. The van der Waals surface area contributed by atoms with Gasteiger partial charge in [-0.2, -0.15) is 13.2 Å².